The number of nitrogens with two attached hydrogens (primary N) is 1. The molecule has 0 bridgehead atoms. The molecule has 0 aromatic heterocycles. The molecular formula is C11H23ClN2OS. The first kappa shape index (κ1) is 16.1. The van der Waals surface area contributed by atoms with Gasteiger partial charge in [0.15, 0.2) is 0 Å². The molecule has 0 radical (unpaired) electrons. The van der Waals surface area contributed by atoms with Gasteiger partial charge in [0.2, 0.25) is 5.91 Å². The summed E-state index contributed by atoms with van der Waals surface area (Å²) in [5, 5.41) is 0.608. The van der Waals surface area contributed by atoms with Gasteiger partial charge in [-0.1, -0.05) is 6.92 Å². The lowest BCUT2D eigenvalue weighted by atomic mass is 9.91. The second-order valence-electron chi connectivity index (χ2n) is 4.74. The molecule has 0 saturated carbocycles. The fraction of sp³-hybridized carbons (Fsp3) is 0.909. The summed E-state index contributed by atoms with van der Waals surface area (Å²) in [7, 11) is 0. The average Bonchev–Trinajstić information content (AvgIpc) is 2.28. The van der Waals surface area contributed by atoms with E-state index in [1.54, 1.807) is 0 Å². The minimum atomic E-state index is -0.402. The van der Waals surface area contributed by atoms with Crippen molar-refractivity contribution in [3.63, 3.8) is 0 Å². The number of carbonyl (C=O) groups is 1. The number of nitrogens with zero attached hydrogens (tertiary/aromatic N) is 1. The third kappa shape index (κ3) is 3.82. The smallest absolute Gasteiger partial charge is 0.229 e. The van der Waals surface area contributed by atoms with Crippen molar-refractivity contribution in [1.29, 1.82) is 0 Å². The molecule has 1 fully saturated rings. The van der Waals surface area contributed by atoms with Crippen molar-refractivity contribution in [1.82, 2.24) is 4.90 Å². The highest BCUT2D eigenvalue weighted by molar-refractivity contribution is 8.00. The van der Waals surface area contributed by atoms with E-state index in [-0.39, 0.29) is 18.3 Å². The number of halogens is 1. The zero-order valence-electron chi connectivity index (χ0n) is 10.4. The monoisotopic (exact) mass is 266 g/mol. The molecule has 1 rings (SSSR count). The molecule has 0 aliphatic carbocycles. The van der Waals surface area contributed by atoms with Gasteiger partial charge in [-0.3, -0.25) is 4.79 Å². The van der Waals surface area contributed by atoms with E-state index in [4.69, 9.17) is 5.73 Å². The van der Waals surface area contributed by atoms with Crippen molar-refractivity contribution in [2.45, 2.75) is 32.4 Å². The summed E-state index contributed by atoms with van der Waals surface area (Å²) in [6.45, 7) is 8.23. The minimum Gasteiger partial charge on any atom is -0.340 e. The molecule has 1 atom stereocenters. The van der Waals surface area contributed by atoms with Gasteiger partial charge in [0.05, 0.1) is 5.41 Å². The normalized spacial score (nSPS) is 21.5. The summed E-state index contributed by atoms with van der Waals surface area (Å²) in [6, 6.07) is 0. The Morgan fingerprint density at radius 2 is 2.19 bits per heavy atom. The van der Waals surface area contributed by atoms with Crippen LogP contribution in [0.15, 0.2) is 0 Å². The number of amides is 1. The van der Waals surface area contributed by atoms with E-state index in [0.29, 0.717) is 11.8 Å². The molecule has 1 saturated heterocycles. The zero-order valence-corrected chi connectivity index (χ0v) is 12.0. The summed E-state index contributed by atoms with van der Waals surface area (Å²) >= 11 is 1.98. The van der Waals surface area contributed by atoms with Gasteiger partial charge in [0, 0.05) is 30.6 Å². The summed E-state index contributed by atoms with van der Waals surface area (Å²) < 4.78 is 0. The Kier molecular flexibility index (Phi) is 6.75. The molecule has 0 aromatic carbocycles. The van der Waals surface area contributed by atoms with Gasteiger partial charge in [-0.05, 0) is 20.3 Å². The molecule has 1 aliphatic rings. The van der Waals surface area contributed by atoms with Crippen LogP contribution in [0.5, 0.6) is 0 Å². The van der Waals surface area contributed by atoms with Crippen LogP contribution in [0.2, 0.25) is 0 Å². The Bertz CT molecular complexity index is 236. The maximum Gasteiger partial charge on any atom is 0.229 e. The van der Waals surface area contributed by atoms with Crippen LogP contribution in [0.4, 0.5) is 0 Å². The van der Waals surface area contributed by atoms with Crippen LogP contribution in [0.25, 0.3) is 0 Å². The lowest BCUT2D eigenvalue weighted by molar-refractivity contribution is -0.139. The number of rotatable bonds is 3. The molecule has 1 heterocycles. The highest BCUT2D eigenvalue weighted by Gasteiger charge is 2.33. The van der Waals surface area contributed by atoms with E-state index in [1.807, 2.05) is 30.5 Å². The van der Waals surface area contributed by atoms with Crippen molar-refractivity contribution in [2.24, 2.45) is 11.1 Å². The predicted octanol–water partition coefficient (Wildman–Crippen LogP) is 1.75. The summed E-state index contributed by atoms with van der Waals surface area (Å²) in [4.78, 5) is 14.1. The third-order valence-corrected chi connectivity index (χ3v) is 4.34. The Hall–Kier alpha value is 0.0700. The quantitative estimate of drug-likeness (QED) is 0.847. The Morgan fingerprint density at radius 1 is 1.56 bits per heavy atom. The standard InChI is InChI=1S/C11H22N2OS.ClH/c1-4-9-7-13(5-6-15-9)10(14)11(2,3)8-12;/h9H,4-8,12H2,1-3H3;1H. The van der Waals surface area contributed by atoms with Crippen molar-refractivity contribution >= 4 is 30.1 Å². The molecule has 3 nitrogen and oxygen atoms in total. The van der Waals surface area contributed by atoms with Crippen LogP contribution in [0, 0.1) is 5.41 Å². The highest BCUT2D eigenvalue weighted by Crippen LogP contribution is 2.25. The van der Waals surface area contributed by atoms with Gasteiger partial charge in [-0.25, -0.2) is 0 Å². The summed E-state index contributed by atoms with van der Waals surface area (Å²) in [5.41, 5.74) is 5.23. The third-order valence-electron chi connectivity index (χ3n) is 2.97. The molecule has 0 aromatic rings. The maximum atomic E-state index is 12.1. The van der Waals surface area contributed by atoms with Crippen molar-refractivity contribution in [2.75, 3.05) is 25.4 Å². The molecule has 0 spiro atoms. The van der Waals surface area contributed by atoms with E-state index >= 15 is 0 Å². The summed E-state index contributed by atoms with van der Waals surface area (Å²) in [5.74, 6) is 1.27. The first-order chi connectivity index (χ1) is 7.01. The van der Waals surface area contributed by atoms with Gasteiger partial charge in [0.1, 0.15) is 0 Å². The fourth-order valence-corrected chi connectivity index (χ4v) is 2.85. The number of carbonyl (C=O) groups excluding carboxylic acids is 1. The predicted molar refractivity (Wildman–Crippen MR) is 73.2 cm³/mol. The van der Waals surface area contributed by atoms with E-state index in [2.05, 4.69) is 6.92 Å². The van der Waals surface area contributed by atoms with Crippen LogP contribution in [0.3, 0.4) is 0 Å². The van der Waals surface area contributed by atoms with Gasteiger partial charge in [0.25, 0.3) is 0 Å². The molecule has 2 N–H and O–H groups in total. The van der Waals surface area contributed by atoms with Crippen molar-refractivity contribution < 1.29 is 4.79 Å². The summed E-state index contributed by atoms with van der Waals surface area (Å²) in [6.07, 6.45) is 1.14. The van der Waals surface area contributed by atoms with Crippen LogP contribution in [0.1, 0.15) is 27.2 Å². The number of hydrogen-bond donors (Lipinski definition) is 1. The van der Waals surface area contributed by atoms with Crippen LogP contribution in [-0.4, -0.2) is 41.4 Å². The SMILES string of the molecule is CCC1CN(C(=O)C(C)(C)CN)CCS1.Cl. The van der Waals surface area contributed by atoms with Crippen LogP contribution < -0.4 is 5.73 Å². The molecular weight excluding hydrogens is 244 g/mol. The van der Waals surface area contributed by atoms with E-state index in [0.717, 1.165) is 25.3 Å². The average molecular weight is 267 g/mol. The maximum absolute atomic E-state index is 12.1. The zero-order chi connectivity index (χ0) is 11.5. The Morgan fingerprint density at radius 3 is 2.69 bits per heavy atom. The van der Waals surface area contributed by atoms with Gasteiger partial charge >= 0.3 is 0 Å². The molecule has 1 unspecified atom stereocenters. The van der Waals surface area contributed by atoms with Crippen LogP contribution in [-0.2, 0) is 4.79 Å². The van der Waals surface area contributed by atoms with Gasteiger partial charge in [-0.15, -0.1) is 12.4 Å². The van der Waals surface area contributed by atoms with Gasteiger partial charge < -0.3 is 10.6 Å². The van der Waals surface area contributed by atoms with Crippen LogP contribution >= 0.6 is 24.2 Å². The van der Waals surface area contributed by atoms with Gasteiger partial charge in [-0.2, -0.15) is 11.8 Å². The first-order valence-corrected chi connectivity index (χ1v) is 6.67. The largest absolute Gasteiger partial charge is 0.340 e. The fourth-order valence-electron chi connectivity index (χ4n) is 1.67. The van der Waals surface area contributed by atoms with E-state index in [9.17, 15) is 4.79 Å². The molecule has 1 aliphatic heterocycles. The number of hydrogen-bond acceptors (Lipinski definition) is 3. The Balaban J connectivity index is 0.00000225. The lowest BCUT2D eigenvalue weighted by Gasteiger charge is -2.36. The highest BCUT2D eigenvalue weighted by atomic mass is 35.5. The lowest BCUT2D eigenvalue weighted by Crippen LogP contribution is -2.49. The molecule has 16 heavy (non-hydrogen) atoms. The molecule has 96 valence electrons. The molecule has 5 heteroatoms. The van der Waals surface area contributed by atoms with Crippen molar-refractivity contribution in [3.05, 3.63) is 0 Å². The second kappa shape index (κ2) is 6.72. The van der Waals surface area contributed by atoms with E-state index in [1.165, 1.54) is 0 Å². The first-order valence-electron chi connectivity index (χ1n) is 5.62. The topological polar surface area (TPSA) is 46.3 Å². The second-order valence-corrected chi connectivity index (χ2v) is 6.15. The molecule has 1 amide bonds. The minimum absolute atomic E-state index is 0. The Labute approximate surface area is 109 Å². The van der Waals surface area contributed by atoms with E-state index < -0.39 is 5.41 Å². The number of thioether (sulfide) groups is 1. The van der Waals surface area contributed by atoms with Crippen molar-refractivity contribution in [3.8, 4) is 0 Å².